The second kappa shape index (κ2) is 13.8. The topological polar surface area (TPSA) is 94.1 Å². The standard InChI is InChI=1S/C9H16NO6.Fm/c11-8-10-1-2-14-3-4-15-5-6-16-7-9(12)13;/h1-7H2,(H,10,11)(H,12,13);/q-1;. The van der Waals surface area contributed by atoms with Crippen molar-refractivity contribution in [1.82, 2.24) is 5.32 Å². The van der Waals surface area contributed by atoms with Gasteiger partial charge in [0.25, 0.3) is 0 Å². The van der Waals surface area contributed by atoms with Crippen molar-refractivity contribution in [2.24, 2.45) is 0 Å². The summed E-state index contributed by atoms with van der Waals surface area (Å²) in [4.78, 5) is 19.8. The van der Waals surface area contributed by atoms with Gasteiger partial charge in [-0.05, 0) is 0 Å². The molecule has 0 rings (SSSR count). The van der Waals surface area contributed by atoms with E-state index in [1.807, 2.05) is 0 Å². The van der Waals surface area contributed by atoms with E-state index in [4.69, 9.17) is 19.3 Å². The molecule has 0 unspecified atom stereocenters. The smallest absolute Gasteiger partial charge is 0.329 e. The number of aliphatic carboxylic acids is 1. The zero-order valence-electron chi connectivity index (χ0n) is 9.23. The zero-order chi connectivity index (χ0) is 12.1. The average molecular weight is 491 g/mol. The molecule has 0 spiro atoms. The van der Waals surface area contributed by atoms with Gasteiger partial charge in [0.2, 0.25) is 0 Å². The Morgan fingerprint density at radius 2 is 1.59 bits per heavy atom. The SMILES string of the molecule is O=[C-]NCCOCCOCCOCC(=O)O.[Fm]. The first kappa shape index (κ1) is 17.2. The summed E-state index contributed by atoms with van der Waals surface area (Å²) in [6.07, 6.45) is 1.53. The number of ether oxygens (including phenoxy) is 3. The van der Waals surface area contributed by atoms with E-state index >= 15 is 0 Å². The van der Waals surface area contributed by atoms with E-state index in [0.29, 0.717) is 33.0 Å². The summed E-state index contributed by atoms with van der Waals surface area (Å²) >= 11 is 0. The number of rotatable bonds is 12. The van der Waals surface area contributed by atoms with E-state index < -0.39 is 5.97 Å². The van der Waals surface area contributed by atoms with Gasteiger partial charge in [0.05, 0.1) is 33.0 Å². The van der Waals surface area contributed by atoms with Gasteiger partial charge in [-0.2, -0.15) is 6.41 Å². The summed E-state index contributed by atoms with van der Waals surface area (Å²) in [6, 6.07) is 0. The molecular formula is C9H16FmNO6-. The normalized spacial score (nSPS) is 9.41. The van der Waals surface area contributed by atoms with Gasteiger partial charge in [0.1, 0.15) is 6.61 Å². The predicted octanol–water partition coefficient (Wildman–Crippen LogP) is -1.22. The molecule has 0 aromatic rings. The molecule has 2 N–H and O–H groups in total. The third kappa shape index (κ3) is 16.5. The molecule has 8 heteroatoms. The van der Waals surface area contributed by atoms with Gasteiger partial charge in [-0.3, -0.25) is 0 Å². The molecule has 0 saturated heterocycles. The Bertz CT molecular complexity index is 192. The van der Waals surface area contributed by atoms with Crippen molar-refractivity contribution in [3.8, 4) is 0 Å². The maximum atomic E-state index is 10.0. The zero-order valence-corrected chi connectivity index (χ0v) is 11.6. The van der Waals surface area contributed by atoms with Crippen LogP contribution in [0.2, 0.25) is 0 Å². The Labute approximate surface area is 93.7 Å². The monoisotopic (exact) mass is 491 g/mol. The van der Waals surface area contributed by atoms with E-state index in [1.165, 1.54) is 6.41 Å². The van der Waals surface area contributed by atoms with Crippen LogP contribution in [0.5, 0.6) is 0 Å². The Morgan fingerprint density at radius 3 is 2.12 bits per heavy atom. The largest absolute Gasteiger partial charge is 0.528 e. The van der Waals surface area contributed by atoms with Gasteiger partial charge in [-0.15, -0.1) is 0 Å². The molecule has 0 aliphatic carbocycles. The van der Waals surface area contributed by atoms with Crippen LogP contribution in [0, 0.1) is 0 Å². The van der Waals surface area contributed by atoms with Crippen LogP contribution >= 0.6 is 0 Å². The Kier molecular flexibility index (Phi) is 14.0. The summed E-state index contributed by atoms with van der Waals surface area (Å²) < 4.78 is 14.9. The van der Waals surface area contributed by atoms with E-state index in [-0.39, 0.29) is 13.2 Å². The van der Waals surface area contributed by atoms with Crippen LogP contribution in [-0.2, 0) is 23.8 Å². The first-order chi connectivity index (χ1) is 7.77. The van der Waals surface area contributed by atoms with Crippen LogP contribution in [0.1, 0.15) is 0 Å². The van der Waals surface area contributed by atoms with Gasteiger partial charge in [-0.25, -0.2) is 4.79 Å². The fraction of sp³-hybridized carbons (Fsp3) is 0.778. The van der Waals surface area contributed by atoms with E-state index in [1.54, 1.807) is 0 Å². The van der Waals surface area contributed by atoms with Crippen molar-refractivity contribution in [1.29, 1.82) is 0 Å². The van der Waals surface area contributed by atoms with Crippen molar-refractivity contribution in [3.05, 3.63) is 0 Å². The van der Waals surface area contributed by atoms with Gasteiger partial charge < -0.3 is 29.4 Å². The number of carbonyl (C=O) groups excluding carboxylic acids is 1. The molecule has 106 valence electrons. The van der Waals surface area contributed by atoms with Crippen molar-refractivity contribution in [3.63, 3.8) is 0 Å². The summed E-state index contributed by atoms with van der Waals surface area (Å²) in [5.41, 5.74) is 0. The molecule has 0 fully saturated rings. The fourth-order valence-electron chi connectivity index (χ4n) is 0.774. The summed E-state index contributed by atoms with van der Waals surface area (Å²) in [5.74, 6) is -0.997. The maximum Gasteiger partial charge on any atom is 0.329 e. The van der Waals surface area contributed by atoms with Crippen molar-refractivity contribution in [2.45, 2.75) is 0 Å². The number of hydrogen-bond donors (Lipinski definition) is 2. The van der Waals surface area contributed by atoms with Crippen LogP contribution in [0.25, 0.3) is 0 Å². The van der Waals surface area contributed by atoms with Crippen LogP contribution in [0.4, 0.5) is 0 Å². The minimum atomic E-state index is -0.997. The minimum absolute atomic E-state index is 0. The van der Waals surface area contributed by atoms with E-state index in [0.717, 1.165) is 0 Å². The van der Waals surface area contributed by atoms with Gasteiger partial charge in [0.15, 0.2) is 0 Å². The summed E-state index contributed by atoms with van der Waals surface area (Å²) in [7, 11) is 0. The van der Waals surface area contributed by atoms with Crippen molar-refractivity contribution >= 4 is 12.4 Å². The molecular weight excluding hydrogens is 475 g/mol. The predicted molar refractivity (Wildman–Crippen MR) is 53.8 cm³/mol. The Morgan fingerprint density at radius 1 is 1.06 bits per heavy atom. The fourth-order valence-corrected chi connectivity index (χ4v) is 0.774. The molecule has 0 aliphatic heterocycles. The second-order valence-electron chi connectivity index (χ2n) is 2.70. The van der Waals surface area contributed by atoms with Crippen molar-refractivity contribution in [2.75, 3.05) is 46.2 Å². The first-order valence-electron chi connectivity index (χ1n) is 4.82. The Hall–Kier alpha value is -2.18. The van der Waals surface area contributed by atoms with Gasteiger partial charge in [-0.1, -0.05) is 0 Å². The molecule has 0 aliphatic rings. The van der Waals surface area contributed by atoms with Crippen LogP contribution in [0.15, 0.2) is 0 Å². The number of carboxylic acid groups (broad SMARTS) is 1. The summed E-state index contributed by atoms with van der Waals surface area (Å²) in [6.45, 7) is 1.92. The molecule has 1 amide bonds. The molecule has 0 radical (unpaired) electrons. The molecule has 0 aromatic carbocycles. The molecule has 0 heterocycles. The molecule has 7 nitrogen and oxygen atoms in total. The quantitative estimate of drug-likeness (QED) is 0.202. The van der Waals surface area contributed by atoms with E-state index in [9.17, 15) is 9.59 Å². The van der Waals surface area contributed by atoms with Gasteiger partial charge >= 0.3 is 5.97 Å². The van der Waals surface area contributed by atoms with Crippen molar-refractivity contribution < 1.29 is 28.9 Å². The van der Waals surface area contributed by atoms with Gasteiger partial charge in [0, 0.05) is 6.54 Å². The molecule has 17 heavy (non-hydrogen) atoms. The molecule has 0 aromatic heterocycles. The number of carboxylic acids is 1. The van der Waals surface area contributed by atoms with E-state index in [2.05, 4.69) is 5.32 Å². The molecule has 0 atom stereocenters. The maximum absolute atomic E-state index is 10.0. The third-order valence-electron chi connectivity index (χ3n) is 1.41. The number of hydrogen-bond acceptors (Lipinski definition) is 5. The summed E-state index contributed by atoms with van der Waals surface area (Å²) in [5, 5.41) is 10.6. The second-order valence-corrected chi connectivity index (χ2v) is 2.70. The molecule has 0 saturated carbocycles. The minimum Gasteiger partial charge on any atom is -0.528 e. The first-order valence-corrected chi connectivity index (χ1v) is 4.82. The number of nitrogens with one attached hydrogen (secondary N) is 1. The number of amides is 1. The number of carbonyl (C=O) groups is 1. The van der Waals surface area contributed by atoms with Crippen LogP contribution in [-0.4, -0.2) is 63.7 Å². The molecule has 0 bridgehead atoms. The van der Waals surface area contributed by atoms with Crippen LogP contribution < -0.4 is 5.32 Å². The van der Waals surface area contributed by atoms with Crippen LogP contribution in [0.3, 0.4) is 0 Å². The Balaban J connectivity index is 0. The third-order valence-corrected chi connectivity index (χ3v) is 1.41. The average Bonchev–Trinajstić information content (AvgIpc) is 2.25.